The normalized spacial score (nSPS) is 39.4. The van der Waals surface area contributed by atoms with Gasteiger partial charge in [0.15, 0.2) is 0 Å². The fraction of sp³-hybridized carbons (Fsp3) is 0.903. The van der Waals surface area contributed by atoms with Gasteiger partial charge in [-0.1, -0.05) is 65.5 Å². The molecule has 35 heavy (non-hydrogen) atoms. The zero-order valence-electron chi connectivity index (χ0n) is 23.4. The highest BCUT2D eigenvalue weighted by Crippen LogP contribution is 2.67. The van der Waals surface area contributed by atoms with E-state index in [0.29, 0.717) is 30.1 Å². The highest BCUT2D eigenvalue weighted by Gasteiger charge is 2.59. The molecule has 0 spiro atoms. The van der Waals surface area contributed by atoms with Crippen LogP contribution in [-0.2, 0) is 9.53 Å². The Bertz CT molecular complexity index is 763. The number of carbonyl (C=O) groups is 1. The van der Waals surface area contributed by atoms with Crippen molar-refractivity contribution in [3.05, 3.63) is 11.6 Å². The SMILES string of the molecule is CC(C)CCC[C@@H](C)[C@H]1CC[C@H]2[C@@H]3CC=C4C[C@@H](OCCNC(=O)CN)CC[C@]4(C)[C@H]3CC[C@]12C. The summed E-state index contributed by atoms with van der Waals surface area (Å²) in [5.74, 6) is 5.23. The van der Waals surface area contributed by atoms with Crippen LogP contribution in [0.1, 0.15) is 105 Å². The second-order valence-electron chi connectivity index (χ2n) is 13.6. The molecule has 0 unspecified atom stereocenters. The second-order valence-corrected chi connectivity index (χ2v) is 13.6. The number of hydrogen-bond acceptors (Lipinski definition) is 3. The Morgan fingerprint density at radius 1 is 1.11 bits per heavy atom. The van der Waals surface area contributed by atoms with Crippen LogP contribution >= 0.6 is 0 Å². The summed E-state index contributed by atoms with van der Waals surface area (Å²) in [6.45, 7) is 13.8. The molecule has 0 aliphatic heterocycles. The standard InChI is InChI=1S/C31H54N2O2/c1-21(2)7-6-8-22(3)26-11-12-27-25-10-9-23-19-24(35-18-17-33-29(34)20-32)13-15-30(23,4)28(25)14-16-31(26,27)5/h9,21-22,24-28H,6-8,10-20,32H2,1-5H3,(H,33,34)/t22-,24+,25+,26-,27+,28+,30+,31-/m1/s1. The summed E-state index contributed by atoms with van der Waals surface area (Å²) in [7, 11) is 0. The van der Waals surface area contributed by atoms with Crippen LogP contribution in [0.15, 0.2) is 11.6 Å². The molecule has 0 aromatic rings. The molecule has 4 rings (SSSR count). The highest BCUT2D eigenvalue weighted by molar-refractivity contribution is 5.77. The lowest BCUT2D eigenvalue weighted by Gasteiger charge is -2.58. The summed E-state index contributed by atoms with van der Waals surface area (Å²) >= 11 is 0. The first-order valence-electron chi connectivity index (χ1n) is 15.0. The number of fused-ring (bicyclic) bond motifs is 5. The van der Waals surface area contributed by atoms with Gasteiger partial charge >= 0.3 is 0 Å². The van der Waals surface area contributed by atoms with E-state index in [2.05, 4.69) is 46.0 Å². The van der Waals surface area contributed by atoms with Crippen molar-refractivity contribution in [1.29, 1.82) is 0 Å². The van der Waals surface area contributed by atoms with Gasteiger partial charge in [-0.3, -0.25) is 4.79 Å². The largest absolute Gasteiger partial charge is 0.376 e. The maximum Gasteiger partial charge on any atom is 0.233 e. The molecule has 1 amide bonds. The molecule has 0 aromatic carbocycles. The second kappa shape index (κ2) is 11.3. The first kappa shape index (κ1) is 27.2. The molecule has 0 bridgehead atoms. The van der Waals surface area contributed by atoms with Gasteiger partial charge in [0.1, 0.15) is 0 Å². The summed E-state index contributed by atoms with van der Waals surface area (Å²) in [6, 6.07) is 0. The van der Waals surface area contributed by atoms with Crippen molar-refractivity contribution in [2.75, 3.05) is 19.7 Å². The van der Waals surface area contributed by atoms with Crippen molar-refractivity contribution in [2.24, 2.45) is 52.1 Å². The first-order valence-corrected chi connectivity index (χ1v) is 15.0. The maximum absolute atomic E-state index is 11.4. The molecule has 0 radical (unpaired) electrons. The van der Waals surface area contributed by atoms with Gasteiger partial charge < -0.3 is 15.8 Å². The van der Waals surface area contributed by atoms with Gasteiger partial charge in [-0.15, -0.1) is 0 Å². The molecule has 4 aliphatic carbocycles. The minimum Gasteiger partial charge on any atom is -0.376 e. The lowest BCUT2D eigenvalue weighted by atomic mass is 9.47. The Morgan fingerprint density at radius 3 is 2.66 bits per heavy atom. The molecule has 3 saturated carbocycles. The van der Waals surface area contributed by atoms with Gasteiger partial charge in [-0.25, -0.2) is 0 Å². The lowest BCUT2D eigenvalue weighted by Crippen LogP contribution is -2.51. The molecule has 3 fully saturated rings. The van der Waals surface area contributed by atoms with Crippen LogP contribution < -0.4 is 11.1 Å². The lowest BCUT2D eigenvalue weighted by molar-refractivity contribution is -0.120. The number of ether oxygens (including phenoxy) is 1. The number of nitrogens with two attached hydrogens (primary N) is 1. The number of carbonyl (C=O) groups excluding carboxylic acids is 1. The van der Waals surface area contributed by atoms with Crippen LogP contribution in [-0.4, -0.2) is 31.7 Å². The van der Waals surface area contributed by atoms with E-state index >= 15 is 0 Å². The van der Waals surface area contributed by atoms with Gasteiger partial charge in [-0.2, -0.15) is 0 Å². The van der Waals surface area contributed by atoms with Crippen molar-refractivity contribution in [3.63, 3.8) is 0 Å². The number of amides is 1. The summed E-state index contributed by atoms with van der Waals surface area (Å²) < 4.78 is 6.18. The Balaban J connectivity index is 1.36. The van der Waals surface area contributed by atoms with Gasteiger partial charge in [0.25, 0.3) is 0 Å². The molecule has 8 atom stereocenters. The molecule has 3 N–H and O–H groups in total. The molecule has 4 aliphatic rings. The first-order chi connectivity index (χ1) is 16.7. The average molecular weight is 487 g/mol. The van der Waals surface area contributed by atoms with Crippen LogP contribution in [0.5, 0.6) is 0 Å². The summed E-state index contributed by atoms with van der Waals surface area (Å²) in [5.41, 5.74) is 7.99. The van der Waals surface area contributed by atoms with E-state index in [-0.39, 0.29) is 12.5 Å². The Kier molecular flexibility index (Phi) is 8.74. The highest BCUT2D eigenvalue weighted by atomic mass is 16.5. The van der Waals surface area contributed by atoms with Crippen molar-refractivity contribution in [2.45, 2.75) is 111 Å². The van der Waals surface area contributed by atoms with E-state index in [4.69, 9.17) is 10.5 Å². The summed E-state index contributed by atoms with van der Waals surface area (Å²) in [5, 5.41) is 2.82. The fourth-order valence-corrected chi connectivity index (χ4v) is 9.28. The smallest absolute Gasteiger partial charge is 0.233 e. The predicted octanol–water partition coefficient (Wildman–Crippen LogP) is 6.49. The van der Waals surface area contributed by atoms with Crippen LogP contribution in [0.4, 0.5) is 0 Å². The minimum atomic E-state index is -0.103. The van der Waals surface area contributed by atoms with Crippen molar-refractivity contribution in [1.82, 2.24) is 5.32 Å². The molecule has 4 nitrogen and oxygen atoms in total. The number of allylic oxidation sites excluding steroid dienone is 1. The fourth-order valence-electron chi connectivity index (χ4n) is 9.28. The molecule has 0 saturated heterocycles. The van der Waals surface area contributed by atoms with E-state index < -0.39 is 0 Å². The van der Waals surface area contributed by atoms with Crippen molar-refractivity contribution in [3.8, 4) is 0 Å². The van der Waals surface area contributed by atoms with Gasteiger partial charge in [-0.05, 0) is 97.7 Å². The average Bonchev–Trinajstić information content (AvgIpc) is 3.18. The Hall–Kier alpha value is -0.870. The van der Waals surface area contributed by atoms with Crippen LogP contribution in [0.3, 0.4) is 0 Å². The van der Waals surface area contributed by atoms with E-state index in [1.165, 1.54) is 57.8 Å². The number of nitrogens with one attached hydrogen (secondary N) is 1. The molecule has 0 heterocycles. The van der Waals surface area contributed by atoms with E-state index in [1.54, 1.807) is 5.57 Å². The number of hydrogen-bond donors (Lipinski definition) is 2. The van der Waals surface area contributed by atoms with Crippen LogP contribution in [0, 0.1) is 46.3 Å². The minimum absolute atomic E-state index is 0.0507. The Morgan fingerprint density at radius 2 is 1.91 bits per heavy atom. The third-order valence-electron chi connectivity index (χ3n) is 11.2. The van der Waals surface area contributed by atoms with Crippen LogP contribution in [0.25, 0.3) is 0 Å². The topological polar surface area (TPSA) is 64.3 Å². The van der Waals surface area contributed by atoms with E-state index in [1.807, 2.05) is 0 Å². The third kappa shape index (κ3) is 5.54. The zero-order chi connectivity index (χ0) is 25.2. The quantitative estimate of drug-likeness (QED) is 0.274. The van der Waals surface area contributed by atoms with Gasteiger partial charge in [0.05, 0.1) is 19.3 Å². The molecular weight excluding hydrogens is 432 g/mol. The van der Waals surface area contributed by atoms with Crippen molar-refractivity contribution < 1.29 is 9.53 Å². The third-order valence-corrected chi connectivity index (χ3v) is 11.2. The van der Waals surface area contributed by atoms with Crippen molar-refractivity contribution >= 4 is 5.91 Å². The van der Waals surface area contributed by atoms with Gasteiger partial charge in [0.2, 0.25) is 5.91 Å². The summed E-state index contributed by atoms with van der Waals surface area (Å²) in [4.78, 5) is 11.4. The molecule has 4 heteroatoms. The van der Waals surface area contributed by atoms with Crippen LogP contribution in [0.2, 0.25) is 0 Å². The zero-order valence-corrected chi connectivity index (χ0v) is 23.4. The molecule has 200 valence electrons. The molecular formula is C31H54N2O2. The number of rotatable bonds is 10. The molecule has 0 aromatic heterocycles. The predicted molar refractivity (Wildman–Crippen MR) is 145 cm³/mol. The van der Waals surface area contributed by atoms with E-state index in [9.17, 15) is 4.79 Å². The summed E-state index contributed by atoms with van der Waals surface area (Å²) in [6.07, 6.45) is 17.8. The van der Waals surface area contributed by atoms with E-state index in [0.717, 1.165) is 48.3 Å². The van der Waals surface area contributed by atoms with Gasteiger partial charge in [0, 0.05) is 6.54 Å². The monoisotopic (exact) mass is 486 g/mol. The Labute approximate surface area is 215 Å². The maximum atomic E-state index is 11.4.